The van der Waals surface area contributed by atoms with Gasteiger partial charge in [-0.05, 0) is 49.2 Å². The molecule has 2 aromatic carbocycles. The molecule has 0 heterocycles. The molecule has 9 heteroatoms. The summed E-state index contributed by atoms with van der Waals surface area (Å²) >= 11 is 12.0. The van der Waals surface area contributed by atoms with Crippen molar-refractivity contribution < 1.29 is 17.9 Å². The lowest BCUT2D eigenvalue weighted by Crippen LogP contribution is -2.33. The van der Waals surface area contributed by atoms with E-state index in [0.717, 1.165) is 17.6 Å². The van der Waals surface area contributed by atoms with Gasteiger partial charge in [-0.3, -0.25) is 9.10 Å². The summed E-state index contributed by atoms with van der Waals surface area (Å²) in [5.74, 6) is 0.580. The fraction of sp³-hybridized carbons (Fsp3) is 0.350. The summed E-state index contributed by atoms with van der Waals surface area (Å²) in [4.78, 5) is 12.0. The van der Waals surface area contributed by atoms with Crippen LogP contribution in [0.3, 0.4) is 0 Å². The zero-order chi connectivity index (χ0) is 21.4. The lowest BCUT2D eigenvalue weighted by Gasteiger charge is -2.23. The average molecular weight is 459 g/mol. The van der Waals surface area contributed by atoms with Crippen LogP contribution in [0.1, 0.15) is 18.4 Å². The van der Waals surface area contributed by atoms with E-state index >= 15 is 0 Å². The number of nitrogens with zero attached hydrogens (tertiary/aromatic N) is 1. The van der Waals surface area contributed by atoms with Crippen molar-refractivity contribution in [3.8, 4) is 5.75 Å². The third-order valence-electron chi connectivity index (χ3n) is 4.03. The molecule has 0 bridgehead atoms. The highest BCUT2D eigenvalue weighted by molar-refractivity contribution is 7.92. The third-order valence-corrected chi connectivity index (χ3v) is 5.74. The molecule has 0 aliphatic heterocycles. The van der Waals surface area contributed by atoms with Gasteiger partial charge in [-0.2, -0.15) is 0 Å². The van der Waals surface area contributed by atoms with E-state index in [1.54, 1.807) is 12.1 Å². The number of hydrogen-bond acceptors (Lipinski definition) is 4. The Balaban J connectivity index is 1.79. The van der Waals surface area contributed by atoms with Crippen LogP contribution in [-0.4, -0.2) is 40.3 Å². The molecule has 2 aromatic rings. The molecule has 0 aromatic heterocycles. The second kappa shape index (κ2) is 10.7. The minimum Gasteiger partial charge on any atom is -0.492 e. The number of hydrogen-bond donors (Lipinski definition) is 1. The predicted octanol–water partition coefficient (Wildman–Crippen LogP) is 4.04. The zero-order valence-corrected chi connectivity index (χ0v) is 18.6. The maximum atomic E-state index is 12.1. The summed E-state index contributed by atoms with van der Waals surface area (Å²) in [5, 5.41) is 3.42. The number of benzene rings is 2. The highest BCUT2D eigenvalue weighted by atomic mass is 35.5. The van der Waals surface area contributed by atoms with Crippen LogP contribution in [-0.2, 0) is 14.8 Å². The molecular weight excluding hydrogens is 435 g/mol. The van der Waals surface area contributed by atoms with Crippen molar-refractivity contribution >= 4 is 44.8 Å². The Labute approximate surface area is 181 Å². The van der Waals surface area contributed by atoms with Crippen molar-refractivity contribution in [2.45, 2.75) is 19.8 Å². The SMILES string of the molecule is Cc1cccc(OCCNC(=O)CCCN(c2ccc(Cl)cc2Cl)S(C)(=O)=O)c1. The summed E-state index contributed by atoms with van der Waals surface area (Å²) in [5.41, 5.74) is 1.44. The number of ether oxygens (including phenoxy) is 1. The van der Waals surface area contributed by atoms with Crippen molar-refractivity contribution in [1.82, 2.24) is 5.32 Å². The minimum absolute atomic E-state index is 0.132. The highest BCUT2D eigenvalue weighted by Crippen LogP contribution is 2.30. The van der Waals surface area contributed by atoms with E-state index in [-0.39, 0.29) is 23.9 Å². The van der Waals surface area contributed by atoms with E-state index in [0.29, 0.717) is 30.3 Å². The lowest BCUT2D eigenvalue weighted by atomic mass is 10.2. The van der Waals surface area contributed by atoms with E-state index in [9.17, 15) is 13.2 Å². The van der Waals surface area contributed by atoms with Gasteiger partial charge in [0.1, 0.15) is 12.4 Å². The topological polar surface area (TPSA) is 75.7 Å². The average Bonchev–Trinajstić information content (AvgIpc) is 2.62. The third kappa shape index (κ3) is 7.76. The Hall–Kier alpha value is -1.96. The summed E-state index contributed by atoms with van der Waals surface area (Å²) < 4.78 is 31.0. The second-order valence-corrected chi connectivity index (χ2v) is 9.30. The molecule has 0 radical (unpaired) electrons. The molecule has 0 aliphatic rings. The highest BCUT2D eigenvalue weighted by Gasteiger charge is 2.20. The Bertz CT molecular complexity index is 951. The number of aryl methyl sites for hydroxylation is 1. The van der Waals surface area contributed by atoms with Gasteiger partial charge < -0.3 is 10.1 Å². The molecule has 0 saturated carbocycles. The minimum atomic E-state index is -3.55. The summed E-state index contributed by atoms with van der Waals surface area (Å²) in [6.07, 6.45) is 1.62. The molecule has 1 amide bonds. The molecule has 0 atom stereocenters. The van der Waals surface area contributed by atoms with Gasteiger partial charge in [0.2, 0.25) is 15.9 Å². The van der Waals surface area contributed by atoms with Gasteiger partial charge in [0, 0.05) is 18.0 Å². The van der Waals surface area contributed by atoms with E-state index in [1.165, 1.54) is 10.4 Å². The number of nitrogens with one attached hydrogen (secondary N) is 1. The van der Waals surface area contributed by atoms with Gasteiger partial charge in [0.15, 0.2) is 0 Å². The smallest absolute Gasteiger partial charge is 0.232 e. The molecule has 0 aliphatic carbocycles. The zero-order valence-electron chi connectivity index (χ0n) is 16.3. The first-order valence-corrected chi connectivity index (χ1v) is 11.7. The van der Waals surface area contributed by atoms with Crippen LogP contribution in [0.15, 0.2) is 42.5 Å². The summed E-state index contributed by atoms with van der Waals surface area (Å²) in [7, 11) is -3.55. The second-order valence-electron chi connectivity index (χ2n) is 6.55. The largest absolute Gasteiger partial charge is 0.492 e. The first-order chi connectivity index (χ1) is 13.7. The molecular formula is C20H24Cl2N2O4S. The van der Waals surface area contributed by atoms with Gasteiger partial charge in [-0.15, -0.1) is 0 Å². The monoisotopic (exact) mass is 458 g/mol. The number of carbonyl (C=O) groups excluding carboxylic acids is 1. The standard InChI is InChI=1S/C20H24Cl2N2O4S/c1-15-5-3-6-17(13-15)28-12-10-23-20(25)7-4-11-24(29(2,26)27)19-9-8-16(21)14-18(19)22/h3,5-6,8-9,13-14H,4,7,10-12H2,1-2H3,(H,23,25). The number of halogens is 2. The van der Waals surface area contributed by atoms with E-state index < -0.39 is 10.0 Å². The van der Waals surface area contributed by atoms with Gasteiger partial charge in [-0.25, -0.2) is 8.42 Å². The van der Waals surface area contributed by atoms with Crippen molar-refractivity contribution in [3.63, 3.8) is 0 Å². The molecule has 0 fully saturated rings. The molecule has 0 saturated heterocycles. The predicted molar refractivity (Wildman–Crippen MR) is 118 cm³/mol. The number of amides is 1. The maximum absolute atomic E-state index is 12.1. The molecule has 29 heavy (non-hydrogen) atoms. The molecule has 6 nitrogen and oxygen atoms in total. The quantitative estimate of drug-likeness (QED) is 0.544. The van der Waals surface area contributed by atoms with Gasteiger partial charge in [-0.1, -0.05) is 35.3 Å². The number of sulfonamides is 1. The van der Waals surface area contributed by atoms with Crippen LogP contribution < -0.4 is 14.4 Å². The normalized spacial score (nSPS) is 11.2. The molecule has 1 N–H and O–H groups in total. The lowest BCUT2D eigenvalue weighted by molar-refractivity contribution is -0.121. The van der Waals surface area contributed by atoms with E-state index in [4.69, 9.17) is 27.9 Å². The number of rotatable bonds is 10. The summed E-state index contributed by atoms with van der Waals surface area (Å²) in [6.45, 7) is 2.83. The van der Waals surface area contributed by atoms with Crippen LogP contribution in [0.25, 0.3) is 0 Å². The molecule has 0 unspecified atom stereocenters. The van der Waals surface area contributed by atoms with Crippen molar-refractivity contribution in [2.24, 2.45) is 0 Å². The van der Waals surface area contributed by atoms with Crippen molar-refractivity contribution in [2.75, 3.05) is 30.3 Å². The fourth-order valence-corrected chi connectivity index (χ4v) is 4.22. The Morgan fingerprint density at radius 1 is 1.17 bits per heavy atom. The number of anilines is 1. The Morgan fingerprint density at radius 3 is 2.59 bits per heavy atom. The van der Waals surface area contributed by atoms with Crippen LogP contribution in [0.5, 0.6) is 5.75 Å². The Morgan fingerprint density at radius 2 is 1.93 bits per heavy atom. The first kappa shape index (κ1) is 23.3. The van der Waals surface area contributed by atoms with E-state index in [1.807, 2.05) is 31.2 Å². The first-order valence-electron chi connectivity index (χ1n) is 9.06. The fourth-order valence-electron chi connectivity index (χ4n) is 2.68. The van der Waals surface area contributed by atoms with Crippen LogP contribution in [0, 0.1) is 6.92 Å². The number of carbonyl (C=O) groups is 1. The van der Waals surface area contributed by atoms with E-state index in [2.05, 4.69) is 5.32 Å². The molecule has 0 spiro atoms. The molecule has 2 rings (SSSR count). The van der Waals surface area contributed by atoms with Gasteiger partial charge in [0.25, 0.3) is 0 Å². The van der Waals surface area contributed by atoms with Crippen molar-refractivity contribution in [1.29, 1.82) is 0 Å². The van der Waals surface area contributed by atoms with Crippen LogP contribution >= 0.6 is 23.2 Å². The molecule has 158 valence electrons. The van der Waals surface area contributed by atoms with Crippen LogP contribution in [0.2, 0.25) is 10.0 Å². The Kier molecular flexibility index (Phi) is 8.61. The van der Waals surface area contributed by atoms with Crippen molar-refractivity contribution in [3.05, 3.63) is 58.1 Å². The van der Waals surface area contributed by atoms with Gasteiger partial charge >= 0.3 is 0 Å². The van der Waals surface area contributed by atoms with Gasteiger partial charge in [0.05, 0.1) is 23.5 Å². The maximum Gasteiger partial charge on any atom is 0.232 e. The van der Waals surface area contributed by atoms with Crippen LogP contribution in [0.4, 0.5) is 5.69 Å². The summed E-state index contributed by atoms with van der Waals surface area (Å²) in [6, 6.07) is 12.3.